The first-order valence-electron chi connectivity index (χ1n) is 4.95. The van der Waals surface area contributed by atoms with Gasteiger partial charge in [-0.2, -0.15) is 0 Å². The minimum absolute atomic E-state index is 0.294. The van der Waals surface area contributed by atoms with E-state index >= 15 is 0 Å². The van der Waals surface area contributed by atoms with Crippen LogP contribution in [0.4, 0.5) is 4.79 Å². The molecule has 1 heterocycles. The number of likely N-dealkylation sites (N-methyl/N-ethyl adjacent to an activating group) is 1. The number of carboxylic acid groups (broad SMARTS) is 1. The third-order valence-electron chi connectivity index (χ3n) is 2.64. The van der Waals surface area contributed by atoms with E-state index in [0.29, 0.717) is 19.1 Å². The minimum atomic E-state index is -1.02. The molecule has 1 aliphatic rings. The smallest absolute Gasteiger partial charge is 0.323 e. The van der Waals surface area contributed by atoms with Crippen molar-refractivity contribution >= 4 is 12.0 Å². The Hall–Kier alpha value is -1.30. The summed E-state index contributed by atoms with van der Waals surface area (Å²) < 4.78 is 0. The fourth-order valence-corrected chi connectivity index (χ4v) is 1.50. The summed E-state index contributed by atoms with van der Waals surface area (Å²) in [5.74, 6) is -1.02. The van der Waals surface area contributed by atoms with Crippen LogP contribution in [0.15, 0.2) is 0 Å². The number of hydrogen-bond acceptors (Lipinski definition) is 3. The number of amides is 2. The molecule has 86 valence electrons. The molecule has 0 bridgehead atoms. The van der Waals surface area contributed by atoms with Crippen molar-refractivity contribution in [2.24, 2.45) is 0 Å². The first-order chi connectivity index (χ1) is 7.00. The van der Waals surface area contributed by atoms with E-state index in [0.717, 1.165) is 6.54 Å². The molecule has 0 aliphatic carbocycles. The Labute approximate surface area is 88.8 Å². The summed E-state index contributed by atoms with van der Waals surface area (Å²) in [6, 6.07) is 0.0201. The zero-order valence-electron chi connectivity index (χ0n) is 9.06. The number of rotatable bonds is 2. The van der Waals surface area contributed by atoms with Crippen molar-refractivity contribution in [3.05, 3.63) is 0 Å². The number of nitrogens with zero attached hydrogens (tertiary/aromatic N) is 2. The van der Waals surface area contributed by atoms with Crippen LogP contribution in [0, 0.1) is 0 Å². The minimum Gasteiger partial charge on any atom is -0.480 e. The SMILES string of the molecule is CC1CN(C(=O)NCC(=O)O)CCN1C. The van der Waals surface area contributed by atoms with Crippen LogP contribution in [0.1, 0.15) is 6.92 Å². The van der Waals surface area contributed by atoms with E-state index in [1.807, 2.05) is 14.0 Å². The van der Waals surface area contributed by atoms with Crippen LogP contribution in [0.2, 0.25) is 0 Å². The number of piperazine rings is 1. The number of nitrogens with one attached hydrogen (secondary N) is 1. The summed E-state index contributed by atoms with van der Waals surface area (Å²) >= 11 is 0. The Morgan fingerprint density at radius 2 is 2.13 bits per heavy atom. The van der Waals surface area contributed by atoms with Crippen molar-refractivity contribution in [1.82, 2.24) is 15.1 Å². The van der Waals surface area contributed by atoms with Crippen LogP contribution in [0.3, 0.4) is 0 Å². The molecular weight excluding hydrogens is 198 g/mol. The molecule has 0 saturated carbocycles. The zero-order valence-corrected chi connectivity index (χ0v) is 9.06. The second-order valence-electron chi connectivity index (χ2n) is 3.83. The number of carboxylic acids is 1. The Morgan fingerprint density at radius 1 is 1.47 bits per heavy atom. The largest absolute Gasteiger partial charge is 0.480 e. The van der Waals surface area contributed by atoms with Gasteiger partial charge >= 0.3 is 12.0 Å². The highest BCUT2D eigenvalue weighted by atomic mass is 16.4. The van der Waals surface area contributed by atoms with Gasteiger partial charge < -0.3 is 20.2 Å². The van der Waals surface area contributed by atoms with Crippen LogP contribution in [0.25, 0.3) is 0 Å². The maximum Gasteiger partial charge on any atom is 0.323 e. The molecule has 6 heteroatoms. The lowest BCUT2D eigenvalue weighted by molar-refractivity contribution is -0.135. The van der Waals surface area contributed by atoms with E-state index in [1.54, 1.807) is 4.90 Å². The zero-order chi connectivity index (χ0) is 11.4. The Balaban J connectivity index is 2.37. The normalized spacial score (nSPS) is 22.5. The first-order valence-corrected chi connectivity index (χ1v) is 4.95. The maximum atomic E-state index is 11.5. The second-order valence-corrected chi connectivity index (χ2v) is 3.83. The molecule has 1 saturated heterocycles. The predicted molar refractivity (Wildman–Crippen MR) is 54.7 cm³/mol. The third kappa shape index (κ3) is 3.39. The van der Waals surface area contributed by atoms with Gasteiger partial charge in [0.05, 0.1) is 0 Å². The standard InChI is InChI=1S/C9H17N3O3/c1-7-6-12(4-3-11(7)2)9(15)10-5-8(13)14/h7H,3-6H2,1-2H3,(H,10,15)(H,13,14). The summed E-state index contributed by atoms with van der Waals surface area (Å²) in [4.78, 5) is 25.6. The van der Waals surface area contributed by atoms with Crippen LogP contribution in [0.5, 0.6) is 0 Å². The van der Waals surface area contributed by atoms with Crippen LogP contribution in [-0.4, -0.2) is 66.2 Å². The molecule has 0 radical (unpaired) electrons. The van der Waals surface area contributed by atoms with Crippen molar-refractivity contribution in [2.45, 2.75) is 13.0 Å². The molecule has 15 heavy (non-hydrogen) atoms. The number of urea groups is 1. The van der Waals surface area contributed by atoms with Gasteiger partial charge in [0, 0.05) is 25.7 Å². The summed E-state index contributed by atoms with van der Waals surface area (Å²) in [6.45, 7) is 3.83. The van der Waals surface area contributed by atoms with Crippen molar-refractivity contribution in [1.29, 1.82) is 0 Å². The van der Waals surface area contributed by atoms with Gasteiger partial charge in [0.2, 0.25) is 0 Å². The predicted octanol–water partition coefficient (Wildman–Crippen LogP) is -0.583. The highest BCUT2D eigenvalue weighted by Gasteiger charge is 2.24. The molecule has 0 aromatic heterocycles. The van der Waals surface area contributed by atoms with Gasteiger partial charge in [-0.15, -0.1) is 0 Å². The molecule has 2 N–H and O–H groups in total. The van der Waals surface area contributed by atoms with E-state index in [2.05, 4.69) is 10.2 Å². The molecule has 1 atom stereocenters. The maximum absolute atomic E-state index is 11.5. The van der Waals surface area contributed by atoms with E-state index in [4.69, 9.17) is 5.11 Å². The van der Waals surface area contributed by atoms with E-state index in [9.17, 15) is 9.59 Å². The van der Waals surface area contributed by atoms with Gasteiger partial charge in [0.15, 0.2) is 0 Å². The van der Waals surface area contributed by atoms with Gasteiger partial charge in [-0.3, -0.25) is 4.79 Å². The lowest BCUT2D eigenvalue weighted by Crippen LogP contribution is -2.54. The highest BCUT2D eigenvalue weighted by Crippen LogP contribution is 2.06. The molecular formula is C9H17N3O3. The van der Waals surface area contributed by atoms with Gasteiger partial charge in [-0.05, 0) is 14.0 Å². The topological polar surface area (TPSA) is 72.9 Å². The van der Waals surface area contributed by atoms with Gasteiger partial charge in [0.1, 0.15) is 6.54 Å². The molecule has 1 rings (SSSR count). The molecule has 1 aliphatic heterocycles. The number of hydrogen-bond donors (Lipinski definition) is 2. The average molecular weight is 215 g/mol. The Kier molecular flexibility index (Phi) is 3.90. The molecule has 0 spiro atoms. The van der Waals surface area contributed by atoms with Crippen molar-refractivity contribution in [2.75, 3.05) is 33.2 Å². The fraction of sp³-hybridized carbons (Fsp3) is 0.778. The lowest BCUT2D eigenvalue weighted by atomic mass is 10.2. The number of carbonyl (C=O) groups excluding carboxylic acids is 1. The summed E-state index contributed by atoms with van der Waals surface area (Å²) in [6.07, 6.45) is 0. The van der Waals surface area contributed by atoms with Crippen LogP contribution in [-0.2, 0) is 4.79 Å². The van der Waals surface area contributed by atoms with Gasteiger partial charge in [-0.25, -0.2) is 4.79 Å². The van der Waals surface area contributed by atoms with Crippen molar-refractivity contribution in [3.63, 3.8) is 0 Å². The molecule has 1 fully saturated rings. The summed E-state index contributed by atoms with van der Waals surface area (Å²) in [5, 5.41) is 10.8. The van der Waals surface area contributed by atoms with Crippen molar-refractivity contribution in [3.8, 4) is 0 Å². The highest BCUT2D eigenvalue weighted by molar-refractivity contribution is 5.80. The lowest BCUT2D eigenvalue weighted by Gasteiger charge is -2.37. The Morgan fingerprint density at radius 3 is 2.67 bits per heavy atom. The molecule has 6 nitrogen and oxygen atoms in total. The number of carbonyl (C=O) groups is 2. The third-order valence-corrected chi connectivity index (χ3v) is 2.64. The average Bonchev–Trinajstić information content (AvgIpc) is 2.18. The quantitative estimate of drug-likeness (QED) is 0.646. The van der Waals surface area contributed by atoms with E-state index in [1.165, 1.54) is 0 Å². The molecule has 1 unspecified atom stereocenters. The molecule has 0 aromatic rings. The van der Waals surface area contributed by atoms with Gasteiger partial charge in [-0.1, -0.05) is 0 Å². The van der Waals surface area contributed by atoms with Crippen LogP contribution < -0.4 is 5.32 Å². The van der Waals surface area contributed by atoms with Crippen molar-refractivity contribution < 1.29 is 14.7 Å². The monoisotopic (exact) mass is 215 g/mol. The second kappa shape index (κ2) is 4.97. The van der Waals surface area contributed by atoms with E-state index < -0.39 is 5.97 Å². The number of aliphatic carboxylic acids is 1. The summed E-state index contributed by atoms with van der Waals surface area (Å²) in [5.41, 5.74) is 0. The van der Waals surface area contributed by atoms with E-state index in [-0.39, 0.29) is 12.6 Å². The molecule has 0 aromatic carbocycles. The molecule has 2 amide bonds. The fourth-order valence-electron chi connectivity index (χ4n) is 1.50. The van der Waals surface area contributed by atoms with Gasteiger partial charge in [0.25, 0.3) is 0 Å². The van der Waals surface area contributed by atoms with Crippen LogP contribution >= 0.6 is 0 Å². The summed E-state index contributed by atoms with van der Waals surface area (Å²) in [7, 11) is 2.01. The Bertz CT molecular complexity index is 257. The first kappa shape index (κ1) is 11.8.